The molecule has 0 aliphatic heterocycles. The summed E-state index contributed by atoms with van der Waals surface area (Å²) in [6.45, 7) is 0. The van der Waals surface area contributed by atoms with Crippen molar-refractivity contribution in [2.45, 2.75) is 0 Å². The summed E-state index contributed by atoms with van der Waals surface area (Å²) in [7, 11) is 1.56. The molecule has 0 unspecified atom stereocenters. The van der Waals surface area contributed by atoms with Crippen molar-refractivity contribution >= 4 is 29.7 Å². The molecule has 3 aromatic carbocycles. The van der Waals surface area contributed by atoms with E-state index >= 15 is 0 Å². The van der Waals surface area contributed by atoms with Crippen molar-refractivity contribution in [3.8, 4) is 11.5 Å². The first-order chi connectivity index (χ1) is 14.0. The molecular weight excluding hydrogens is 392 g/mol. The van der Waals surface area contributed by atoms with E-state index in [9.17, 15) is 9.59 Å². The second-order valence-corrected chi connectivity index (χ2v) is 6.33. The molecule has 1 amide bonds. The van der Waals surface area contributed by atoms with Crippen LogP contribution in [0.25, 0.3) is 0 Å². The minimum absolute atomic E-state index is 0.344. The highest BCUT2D eigenvalue weighted by atomic mass is 35.5. The number of carbonyl (C=O) groups is 2. The van der Waals surface area contributed by atoms with Crippen LogP contribution in [0.4, 0.5) is 0 Å². The van der Waals surface area contributed by atoms with E-state index in [0.717, 1.165) is 5.56 Å². The lowest BCUT2D eigenvalue weighted by atomic mass is 10.2. The van der Waals surface area contributed by atoms with Crippen LogP contribution in [0.15, 0.2) is 77.9 Å². The first-order valence-electron chi connectivity index (χ1n) is 8.60. The predicted molar refractivity (Wildman–Crippen MR) is 111 cm³/mol. The van der Waals surface area contributed by atoms with Gasteiger partial charge in [0, 0.05) is 10.6 Å². The van der Waals surface area contributed by atoms with Crippen molar-refractivity contribution < 1.29 is 19.1 Å². The number of esters is 1. The molecular formula is C22H17ClN2O4. The second-order valence-electron chi connectivity index (χ2n) is 5.89. The van der Waals surface area contributed by atoms with Crippen LogP contribution >= 0.6 is 11.6 Å². The summed E-state index contributed by atoms with van der Waals surface area (Å²) in [4.78, 5) is 24.1. The lowest BCUT2D eigenvalue weighted by molar-refractivity contribution is 0.0734. The number of ether oxygens (including phenoxy) is 2. The summed E-state index contributed by atoms with van der Waals surface area (Å²) in [5.74, 6) is 0.244. The third-order valence-corrected chi connectivity index (χ3v) is 4.15. The van der Waals surface area contributed by atoms with E-state index in [-0.39, 0.29) is 5.91 Å². The molecule has 146 valence electrons. The fourth-order valence-corrected chi connectivity index (χ4v) is 2.47. The van der Waals surface area contributed by atoms with Crippen molar-refractivity contribution in [2.24, 2.45) is 5.10 Å². The Balaban J connectivity index is 1.55. The van der Waals surface area contributed by atoms with Crippen LogP contribution in [-0.2, 0) is 0 Å². The number of halogens is 1. The van der Waals surface area contributed by atoms with Crippen LogP contribution in [0.5, 0.6) is 11.5 Å². The molecule has 3 rings (SSSR count). The molecule has 0 heterocycles. The lowest BCUT2D eigenvalue weighted by Crippen LogP contribution is -2.17. The minimum atomic E-state index is -0.468. The largest absolute Gasteiger partial charge is 0.497 e. The third-order valence-electron chi connectivity index (χ3n) is 3.90. The molecule has 0 saturated heterocycles. The van der Waals surface area contributed by atoms with E-state index in [1.807, 2.05) is 0 Å². The van der Waals surface area contributed by atoms with Gasteiger partial charge in [-0.3, -0.25) is 4.79 Å². The number of rotatable bonds is 6. The van der Waals surface area contributed by atoms with Gasteiger partial charge < -0.3 is 9.47 Å². The lowest BCUT2D eigenvalue weighted by Gasteiger charge is -2.05. The summed E-state index contributed by atoms with van der Waals surface area (Å²) in [6, 6.07) is 19.8. The molecule has 0 aliphatic carbocycles. The zero-order valence-electron chi connectivity index (χ0n) is 15.5. The van der Waals surface area contributed by atoms with Crippen molar-refractivity contribution in [1.82, 2.24) is 5.43 Å². The fraction of sp³-hybridized carbons (Fsp3) is 0.0455. The van der Waals surface area contributed by atoms with Crippen LogP contribution in [0, 0.1) is 0 Å². The molecule has 0 bridgehead atoms. The predicted octanol–water partition coefficient (Wildman–Crippen LogP) is 4.33. The highest BCUT2D eigenvalue weighted by molar-refractivity contribution is 6.30. The summed E-state index contributed by atoms with van der Waals surface area (Å²) in [5, 5.41) is 4.47. The number of benzene rings is 3. The highest BCUT2D eigenvalue weighted by Gasteiger charge is 2.08. The molecule has 6 nitrogen and oxygen atoms in total. The Morgan fingerprint density at radius 3 is 2.07 bits per heavy atom. The highest BCUT2D eigenvalue weighted by Crippen LogP contribution is 2.16. The molecule has 7 heteroatoms. The van der Waals surface area contributed by atoms with Crippen LogP contribution in [-0.4, -0.2) is 25.2 Å². The Morgan fingerprint density at radius 1 is 0.862 bits per heavy atom. The molecule has 0 aromatic heterocycles. The average molecular weight is 409 g/mol. The number of amides is 1. The van der Waals surface area contributed by atoms with Crippen molar-refractivity contribution in [3.05, 3.63) is 94.5 Å². The fourth-order valence-electron chi connectivity index (χ4n) is 2.35. The molecule has 0 saturated carbocycles. The topological polar surface area (TPSA) is 77.0 Å². The smallest absolute Gasteiger partial charge is 0.343 e. The van der Waals surface area contributed by atoms with E-state index < -0.39 is 5.97 Å². The van der Waals surface area contributed by atoms with E-state index in [2.05, 4.69) is 10.5 Å². The van der Waals surface area contributed by atoms with Crippen molar-refractivity contribution in [3.63, 3.8) is 0 Å². The van der Waals surface area contributed by atoms with Gasteiger partial charge >= 0.3 is 5.97 Å². The molecule has 29 heavy (non-hydrogen) atoms. The van der Waals surface area contributed by atoms with Crippen LogP contribution in [0.1, 0.15) is 26.3 Å². The first-order valence-corrected chi connectivity index (χ1v) is 8.98. The van der Waals surface area contributed by atoms with E-state index in [1.54, 1.807) is 79.9 Å². The maximum absolute atomic E-state index is 12.2. The Morgan fingerprint density at radius 2 is 1.45 bits per heavy atom. The zero-order valence-corrected chi connectivity index (χ0v) is 16.2. The molecule has 0 aliphatic rings. The third kappa shape index (κ3) is 5.67. The first kappa shape index (κ1) is 20.1. The van der Waals surface area contributed by atoms with E-state index in [1.165, 1.54) is 6.21 Å². The van der Waals surface area contributed by atoms with E-state index in [0.29, 0.717) is 27.6 Å². The second kappa shape index (κ2) is 9.52. The summed E-state index contributed by atoms with van der Waals surface area (Å²) < 4.78 is 10.4. The monoisotopic (exact) mass is 408 g/mol. The average Bonchev–Trinajstić information content (AvgIpc) is 2.75. The van der Waals surface area contributed by atoms with Gasteiger partial charge in [0.05, 0.1) is 18.9 Å². The molecule has 0 atom stereocenters. The van der Waals surface area contributed by atoms with Crippen LogP contribution in [0.2, 0.25) is 5.02 Å². The van der Waals surface area contributed by atoms with Gasteiger partial charge in [0.25, 0.3) is 5.91 Å². The Hall–Kier alpha value is -3.64. The zero-order chi connectivity index (χ0) is 20.6. The molecule has 3 aromatic rings. The number of hydrogen-bond acceptors (Lipinski definition) is 5. The standard InChI is InChI=1S/C22H17ClN2O4/c1-28-19-12-6-17(7-13-19)22(27)29-20-10-2-15(3-11-20)14-24-25-21(26)16-4-8-18(23)9-5-16/h2-14H,1H3,(H,25,26). The Bertz CT molecular complexity index is 1010. The van der Waals surface area contributed by atoms with Crippen LogP contribution in [0.3, 0.4) is 0 Å². The van der Waals surface area contributed by atoms with Gasteiger partial charge in [0.1, 0.15) is 11.5 Å². The normalized spacial score (nSPS) is 10.6. The van der Waals surface area contributed by atoms with Gasteiger partial charge in [-0.05, 0) is 78.4 Å². The molecule has 0 fully saturated rings. The minimum Gasteiger partial charge on any atom is -0.497 e. The number of nitrogens with one attached hydrogen (secondary N) is 1. The number of nitrogens with zero attached hydrogens (tertiary/aromatic N) is 1. The van der Waals surface area contributed by atoms with Gasteiger partial charge in [0.15, 0.2) is 0 Å². The molecule has 0 spiro atoms. The number of hydrazone groups is 1. The number of methoxy groups -OCH3 is 1. The van der Waals surface area contributed by atoms with Crippen LogP contribution < -0.4 is 14.9 Å². The van der Waals surface area contributed by atoms with Crippen molar-refractivity contribution in [2.75, 3.05) is 7.11 Å². The Kier molecular flexibility index (Phi) is 6.60. The molecule has 0 radical (unpaired) electrons. The summed E-state index contributed by atoms with van der Waals surface area (Å²) in [6.07, 6.45) is 1.49. The maximum atomic E-state index is 12.2. The van der Waals surface area contributed by atoms with Gasteiger partial charge in [-0.1, -0.05) is 11.6 Å². The summed E-state index contributed by atoms with van der Waals surface area (Å²) >= 11 is 5.79. The Labute approximate surface area is 172 Å². The number of hydrogen-bond donors (Lipinski definition) is 1. The van der Waals surface area contributed by atoms with E-state index in [4.69, 9.17) is 21.1 Å². The van der Waals surface area contributed by atoms with Gasteiger partial charge in [-0.25, -0.2) is 10.2 Å². The quantitative estimate of drug-likeness (QED) is 0.285. The SMILES string of the molecule is COc1ccc(C(=O)Oc2ccc(C=NNC(=O)c3ccc(Cl)cc3)cc2)cc1. The van der Waals surface area contributed by atoms with Gasteiger partial charge in [0.2, 0.25) is 0 Å². The molecule has 1 N–H and O–H groups in total. The number of carbonyl (C=O) groups excluding carboxylic acids is 2. The van der Waals surface area contributed by atoms with Gasteiger partial charge in [-0.15, -0.1) is 0 Å². The van der Waals surface area contributed by atoms with Gasteiger partial charge in [-0.2, -0.15) is 5.10 Å². The maximum Gasteiger partial charge on any atom is 0.343 e. The summed E-state index contributed by atoms with van der Waals surface area (Å²) in [5.41, 5.74) is 4.03. The van der Waals surface area contributed by atoms with Crippen molar-refractivity contribution in [1.29, 1.82) is 0 Å².